The molecule has 1 N–H and O–H groups in total. The second kappa shape index (κ2) is 6.32. The van der Waals surface area contributed by atoms with Crippen LogP contribution in [0, 0.1) is 6.92 Å². The van der Waals surface area contributed by atoms with Crippen LogP contribution in [-0.2, 0) is 9.53 Å². The zero-order chi connectivity index (χ0) is 17.2. The molecule has 0 spiro atoms. The molecule has 1 aromatic heterocycles. The van der Waals surface area contributed by atoms with Gasteiger partial charge in [-0.25, -0.2) is 4.79 Å². The van der Waals surface area contributed by atoms with Gasteiger partial charge in [0.15, 0.2) is 0 Å². The molecule has 124 valence electrons. The van der Waals surface area contributed by atoms with E-state index < -0.39 is 11.5 Å². The molecule has 0 saturated carbocycles. The summed E-state index contributed by atoms with van der Waals surface area (Å²) < 4.78 is 15.6. The number of benzene rings is 1. The fourth-order valence-electron chi connectivity index (χ4n) is 2.43. The van der Waals surface area contributed by atoms with Gasteiger partial charge in [0, 0.05) is 5.39 Å². The molecule has 0 radical (unpaired) electrons. The number of methoxy groups -OCH3 is 2. The summed E-state index contributed by atoms with van der Waals surface area (Å²) >= 11 is 0. The predicted octanol–water partition coefficient (Wildman–Crippen LogP) is 2.82. The molecule has 0 saturated heterocycles. The Morgan fingerprint density at radius 2 is 2.00 bits per heavy atom. The first kappa shape index (κ1) is 16.9. The van der Waals surface area contributed by atoms with Gasteiger partial charge in [-0.05, 0) is 38.5 Å². The molecule has 0 fully saturated rings. The van der Waals surface area contributed by atoms with Gasteiger partial charge in [-0.1, -0.05) is 6.92 Å². The Morgan fingerprint density at radius 1 is 1.30 bits per heavy atom. The van der Waals surface area contributed by atoms with Gasteiger partial charge in [0.05, 0.1) is 19.8 Å². The van der Waals surface area contributed by atoms with E-state index in [-0.39, 0.29) is 5.91 Å². The third-order valence-electron chi connectivity index (χ3n) is 4.03. The van der Waals surface area contributed by atoms with Crippen LogP contribution in [0.5, 0.6) is 5.75 Å². The minimum absolute atomic E-state index is 0.385. The molecule has 0 aliphatic heterocycles. The molecule has 1 atom stereocenters. The molecule has 1 heterocycles. The summed E-state index contributed by atoms with van der Waals surface area (Å²) in [6.45, 7) is 5.15. The number of rotatable bonds is 5. The zero-order valence-corrected chi connectivity index (χ0v) is 14.0. The van der Waals surface area contributed by atoms with Crippen molar-refractivity contribution >= 4 is 22.8 Å². The second-order valence-corrected chi connectivity index (χ2v) is 5.53. The Balaban J connectivity index is 2.45. The average Bonchev–Trinajstić information content (AvgIpc) is 2.88. The number of hydrogen-bond acceptors (Lipinski definition) is 5. The van der Waals surface area contributed by atoms with Crippen LogP contribution in [0.1, 0.15) is 36.4 Å². The number of aryl methyl sites for hydroxylation is 1. The minimum atomic E-state index is -1.10. The quantitative estimate of drug-likeness (QED) is 0.857. The smallest absolute Gasteiger partial charge is 0.331 e. The molecule has 6 heteroatoms. The number of esters is 1. The van der Waals surface area contributed by atoms with Crippen LogP contribution in [0.25, 0.3) is 11.0 Å². The van der Waals surface area contributed by atoms with E-state index in [1.807, 2.05) is 0 Å². The van der Waals surface area contributed by atoms with Gasteiger partial charge in [-0.2, -0.15) is 0 Å². The van der Waals surface area contributed by atoms with Crippen LogP contribution < -0.4 is 10.1 Å². The zero-order valence-electron chi connectivity index (χ0n) is 14.0. The Morgan fingerprint density at radius 3 is 2.57 bits per heavy atom. The van der Waals surface area contributed by atoms with Gasteiger partial charge in [0.1, 0.15) is 22.6 Å². The van der Waals surface area contributed by atoms with Crippen molar-refractivity contribution in [3.8, 4) is 5.75 Å². The van der Waals surface area contributed by atoms with Crippen molar-refractivity contribution in [3.63, 3.8) is 0 Å². The van der Waals surface area contributed by atoms with Crippen LogP contribution in [0.3, 0.4) is 0 Å². The number of nitrogens with one attached hydrogen (secondary N) is 1. The summed E-state index contributed by atoms with van der Waals surface area (Å²) in [6, 6.07) is 5.25. The van der Waals surface area contributed by atoms with E-state index in [4.69, 9.17) is 13.9 Å². The Labute approximate surface area is 134 Å². The first-order valence-electron chi connectivity index (χ1n) is 7.34. The first-order chi connectivity index (χ1) is 10.9. The molecule has 0 aliphatic carbocycles. The van der Waals surface area contributed by atoms with E-state index in [1.54, 1.807) is 46.1 Å². The molecule has 0 aliphatic rings. The third-order valence-corrected chi connectivity index (χ3v) is 4.03. The monoisotopic (exact) mass is 319 g/mol. The number of carbonyl (C=O) groups is 2. The predicted molar refractivity (Wildman–Crippen MR) is 85.7 cm³/mol. The van der Waals surface area contributed by atoms with Crippen molar-refractivity contribution < 1.29 is 23.5 Å². The summed E-state index contributed by atoms with van der Waals surface area (Å²) in [6.07, 6.45) is 0.406. The molecule has 2 rings (SSSR count). The number of ether oxygens (including phenoxy) is 2. The van der Waals surface area contributed by atoms with Gasteiger partial charge < -0.3 is 19.2 Å². The fourth-order valence-corrected chi connectivity index (χ4v) is 2.43. The summed E-state index contributed by atoms with van der Waals surface area (Å²) in [7, 11) is 2.85. The summed E-state index contributed by atoms with van der Waals surface area (Å²) in [5.41, 5.74) is -0.118. The Bertz CT molecular complexity index is 749. The van der Waals surface area contributed by atoms with E-state index in [0.717, 1.165) is 0 Å². The topological polar surface area (TPSA) is 77.8 Å². The molecule has 2 aromatic rings. The Hall–Kier alpha value is -2.50. The van der Waals surface area contributed by atoms with Crippen LogP contribution in [-0.4, -0.2) is 31.6 Å². The summed E-state index contributed by atoms with van der Waals surface area (Å²) in [4.78, 5) is 24.7. The summed E-state index contributed by atoms with van der Waals surface area (Å²) in [5, 5.41) is 3.39. The number of carbonyl (C=O) groups excluding carboxylic acids is 2. The molecule has 23 heavy (non-hydrogen) atoms. The maximum Gasteiger partial charge on any atom is 0.331 e. The Kier molecular flexibility index (Phi) is 4.63. The molecule has 0 bridgehead atoms. The van der Waals surface area contributed by atoms with Gasteiger partial charge in [-0.15, -0.1) is 0 Å². The fraction of sp³-hybridized carbons (Fsp3) is 0.412. The number of amides is 1. The highest BCUT2D eigenvalue weighted by Crippen LogP contribution is 2.29. The number of hydrogen-bond donors (Lipinski definition) is 1. The molecule has 1 aromatic carbocycles. The molecule has 0 unspecified atom stereocenters. The highest BCUT2D eigenvalue weighted by molar-refractivity contribution is 6.08. The van der Waals surface area contributed by atoms with Crippen molar-refractivity contribution in [2.75, 3.05) is 14.2 Å². The maximum absolute atomic E-state index is 12.7. The number of fused-ring (bicyclic) bond motifs is 1. The van der Waals surface area contributed by atoms with E-state index in [1.165, 1.54) is 7.11 Å². The van der Waals surface area contributed by atoms with E-state index >= 15 is 0 Å². The van der Waals surface area contributed by atoms with E-state index in [9.17, 15) is 9.59 Å². The van der Waals surface area contributed by atoms with Crippen LogP contribution >= 0.6 is 0 Å². The van der Waals surface area contributed by atoms with Gasteiger partial charge in [0.25, 0.3) is 5.91 Å². The number of furan rings is 1. The van der Waals surface area contributed by atoms with Gasteiger partial charge in [0.2, 0.25) is 0 Å². The summed E-state index contributed by atoms with van der Waals surface area (Å²) in [5.74, 6) is 0.230. The molecular weight excluding hydrogens is 298 g/mol. The highest BCUT2D eigenvalue weighted by Gasteiger charge is 2.35. The molecular formula is C17H21NO5. The van der Waals surface area contributed by atoms with Crippen molar-refractivity contribution in [1.29, 1.82) is 0 Å². The van der Waals surface area contributed by atoms with Gasteiger partial charge in [-0.3, -0.25) is 4.79 Å². The van der Waals surface area contributed by atoms with E-state index in [2.05, 4.69) is 5.32 Å². The average molecular weight is 319 g/mol. The second-order valence-electron chi connectivity index (χ2n) is 5.53. The van der Waals surface area contributed by atoms with Crippen LogP contribution in [0.2, 0.25) is 0 Å². The standard InChI is InChI=1S/C17H21NO5/c1-6-17(3,16(20)22-5)18-15(19)14-10(2)23-13-8-7-11(21-4)9-12(13)14/h7-9H,6H2,1-5H3,(H,18,19)/t17-/m0/s1. The van der Waals surface area contributed by atoms with Crippen LogP contribution in [0.4, 0.5) is 0 Å². The van der Waals surface area contributed by atoms with Crippen molar-refractivity contribution in [2.24, 2.45) is 0 Å². The lowest BCUT2D eigenvalue weighted by atomic mass is 9.98. The maximum atomic E-state index is 12.7. The molecule has 6 nitrogen and oxygen atoms in total. The lowest BCUT2D eigenvalue weighted by Crippen LogP contribution is -2.52. The lowest BCUT2D eigenvalue weighted by molar-refractivity contribution is -0.147. The van der Waals surface area contributed by atoms with Crippen molar-refractivity contribution in [3.05, 3.63) is 29.5 Å². The third kappa shape index (κ3) is 3.02. The van der Waals surface area contributed by atoms with Gasteiger partial charge >= 0.3 is 5.97 Å². The first-order valence-corrected chi connectivity index (χ1v) is 7.34. The largest absolute Gasteiger partial charge is 0.497 e. The molecule has 1 amide bonds. The lowest BCUT2D eigenvalue weighted by Gasteiger charge is -2.26. The normalized spacial score (nSPS) is 13.4. The van der Waals surface area contributed by atoms with Crippen LogP contribution in [0.15, 0.2) is 22.6 Å². The highest BCUT2D eigenvalue weighted by atomic mass is 16.5. The van der Waals surface area contributed by atoms with Crippen molar-refractivity contribution in [2.45, 2.75) is 32.7 Å². The van der Waals surface area contributed by atoms with Crippen molar-refractivity contribution in [1.82, 2.24) is 5.32 Å². The van der Waals surface area contributed by atoms with E-state index in [0.29, 0.717) is 34.5 Å². The SMILES string of the molecule is CC[C@](C)(NC(=O)c1c(C)oc2ccc(OC)cc12)C(=O)OC. The minimum Gasteiger partial charge on any atom is -0.497 e.